The molecule has 23 heavy (non-hydrogen) atoms. The molecule has 6 heteroatoms. The number of phenols is 3. The van der Waals surface area contributed by atoms with Crippen molar-refractivity contribution in [3.63, 3.8) is 0 Å². The Kier molecular flexibility index (Phi) is 3.37. The van der Waals surface area contributed by atoms with E-state index in [0.29, 0.717) is 0 Å². The Balaban J connectivity index is 2.21. The summed E-state index contributed by atoms with van der Waals surface area (Å²) in [6, 6.07) is 8.46. The number of benzene rings is 2. The molecule has 3 rings (SSSR count). The fourth-order valence-corrected chi connectivity index (χ4v) is 2.43. The van der Waals surface area contributed by atoms with E-state index in [1.807, 2.05) is 0 Å². The topological polar surface area (TPSA) is 111 Å². The molecule has 1 heterocycles. The highest BCUT2D eigenvalue weighted by Crippen LogP contribution is 2.35. The van der Waals surface area contributed by atoms with Crippen molar-refractivity contribution in [2.24, 2.45) is 0 Å². The van der Waals surface area contributed by atoms with Crippen LogP contribution < -0.4 is 5.43 Å². The van der Waals surface area contributed by atoms with E-state index in [1.54, 1.807) is 19.1 Å². The van der Waals surface area contributed by atoms with Crippen LogP contribution in [0.15, 0.2) is 45.6 Å². The normalized spacial score (nSPS) is 12.4. The van der Waals surface area contributed by atoms with Crippen molar-refractivity contribution in [3.8, 4) is 23.0 Å². The zero-order valence-electron chi connectivity index (χ0n) is 12.1. The van der Waals surface area contributed by atoms with Gasteiger partial charge in [0, 0.05) is 12.0 Å². The maximum Gasteiger partial charge on any atom is 0.234 e. The SMILES string of the molecule is C[C@@H](c1ccc(O)cc1)c1oc2cc(O)c(O)cc2c(=O)c1O. The van der Waals surface area contributed by atoms with Crippen molar-refractivity contribution >= 4 is 11.0 Å². The van der Waals surface area contributed by atoms with E-state index in [4.69, 9.17) is 4.42 Å². The maximum absolute atomic E-state index is 12.3. The van der Waals surface area contributed by atoms with Crippen LogP contribution in [-0.4, -0.2) is 20.4 Å². The van der Waals surface area contributed by atoms with Crippen LogP contribution in [0.4, 0.5) is 0 Å². The molecule has 0 unspecified atom stereocenters. The second-order valence-electron chi connectivity index (χ2n) is 5.29. The Morgan fingerprint density at radius 1 is 0.957 bits per heavy atom. The van der Waals surface area contributed by atoms with E-state index in [0.717, 1.165) is 17.7 Å². The van der Waals surface area contributed by atoms with Crippen molar-refractivity contribution in [3.05, 3.63) is 57.9 Å². The van der Waals surface area contributed by atoms with Crippen LogP contribution in [0, 0.1) is 0 Å². The summed E-state index contributed by atoms with van der Waals surface area (Å²) < 4.78 is 5.57. The minimum absolute atomic E-state index is 0.0283. The average molecular weight is 314 g/mol. The van der Waals surface area contributed by atoms with Crippen LogP contribution >= 0.6 is 0 Å². The van der Waals surface area contributed by atoms with Crippen LogP contribution in [0.1, 0.15) is 24.2 Å². The Bertz CT molecular complexity index is 940. The number of hydrogen-bond donors (Lipinski definition) is 4. The lowest BCUT2D eigenvalue weighted by Crippen LogP contribution is -2.07. The van der Waals surface area contributed by atoms with Crippen LogP contribution in [-0.2, 0) is 0 Å². The molecule has 1 aromatic heterocycles. The maximum atomic E-state index is 12.3. The molecule has 1 atom stereocenters. The van der Waals surface area contributed by atoms with Crippen molar-refractivity contribution < 1.29 is 24.8 Å². The number of rotatable bonds is 2. The third kappa shape index (κ3) is 2.44. The van der Waals surface area contributed by atoms with Gasteiger partial charge in [-0.05, 0) is 23.8 Å². The lowest BCUT2D eigenvalue weighted by atomic mass is 9.97. The van der Waals surface area contributed by atoms with E-state index < -0.39 is 28.6 Å². The summed E-state index contributed by atoms with van der Waals surface area (Å²) in [6.07, 6.45) is 0. The van der Waals surface area contributed by atoms with Gasteiger partial charge in [-0.3, -0.25) is 4.79 Å². The number of phenolic OH excluding ortho intramolecular Hbond substituents is 3. The van der Waals surface area contributed by atoms with Gasteiger partial charge in [0.25, 0.3) is 0 Å². The largest absolute Gasteiger partial charge is 0.508 e. The first-order chi connectivity index (χ1) is 10.9. The van der Waals surface area contributed by atoms with Gasteiger partial charge in [0.1, 0.15) is 11.3 Å². The average Bonchev–Trinajstić information content (AvgIpc) is 2.53. The Morgan fingerprint density at radius 3 is 2.22 bits per heavy atom. The van der Waals surface area contributed by atoms with Gasteiger partial charge in [-0.2, -0.15) is 0 Å². The highest BCUT2D eigenvalue weighted by molar-refractivity contribution is 5.82. The molecular formula is C17H14O6. The predicted octanol–water partition coefficient (Wildman–Crippen LogP) is 2.77. The Hall–Kier alpha value is -3.15. The molecule has 0 spiro atoms. The van der Waals surface area contributed by atoms with Gasteiger partial charge >= 0.3 is 0 Å². The smallest absolute Gasteiger partial charge is 0.234 e. The van der Waals surface area contributed by atoms with Gasteiger partial charge in [0.15, 0.2) is 17.3 Å². The highest BCUT2D eigenvalue weighted by Gasteiger charge is 2.21. The van der Waals surface area contributed by atoms with Gasteiger partial charge in [0.05, 0.1) is 5.39 Å². The molecule has 0 aliphatic heterocycles. The van der Waals surface area contributed by atoms with Crippen LogP contribution in [0.25, 0.3) is 11.0 Å². The van der Waals surface area contributed by atoms with E-state index in [-0.39, 0.29) is 22.5 Å². The first kappa shape index (κ1) is 14.8. The zero-order chi connectivity index (χ0) is 16.7. The van der Waals surface area contributed by atoms with E-state index >= 15 is 0 Å². The van der Waals surface area contributed by atoms with Crippen LogP contribution in [0.2, 0.25) is 0 Å². The summed E-state index contributed by atoms with van der Waals surface area (Å²) in [5.41, 5.74) is 0.0921. The quantitative estimate of drug-likeness (QED) is 0.541. The number of hydrogen-bond acceptors (Lipinski definition) is 6. The Morgan fingerprint density at radius 2 is 1.57 bits per heavy atom. The summed E-state index contributed by atoms with van der Waals surface area (Å²) in [5, 5.41) is 38.5. The highest BCUT2D eigenvalue weighted by atomic mass is 16.4. The summed E-state index contributed by atoms with van der Waals surface area (Å²) >= 11 is 0. The molecule has 0 bridgehead atoms. The minimum Gasteiger partial charge on any atom is -0.508 e. The van der Waals surface area contributed by atoms with Gasteiger partial charge in [0.2, 0.25) is 11.2 Å². The van der Waals surface area contributed by atoms with E-state index in [2.05, 4.69) is 0 Å². The summed E-state index contributed by atoms with van der Waals surface area (Å²) in [5.74, 6) is -1.76. The van der Waals surface area contributed by atoms with E-state index in [9.17, 15) is 25.2 Å². The molecular weight excluding hydrogens is 300 g/mol. The van der Waals surface area contributed by atoms with Crippen molar-refractivity contribution in [1.82, 2.24) is 0 Å². The third-order valence-corrected chi connectivity index (χ3v) is 3.78. The monoisotopic (exact) mass is 314 g/mol. The molecule has 6 nitrogen and oxygen atoms in total. The lowest BCUT2D eigenvalue weighted by Gasteiger charge is -2.13. The summed E-state index contributed by atoms with van der Waals surface area (Å²) in [6.45, 7) is 1.73. The molecule has 0 saturated heterocycles. The van der Waals surface area contributed by atoms with Gasteiger partial charge < -0.3 is 24.8 Å². The molecule has 0 aliphatic carbocycles. The van der Waals surface area contributed by atoms with Gasteiger partial charge in [-0.15, -0.1) is 0 Å². The number of fused-ring (bicyclic) bond motifs is 1. The molecule has 0 fully saturated rings. The molecule has 2 aromatic carbocycles. The van der Waals surface area contributed by atoms with Gasteiger partial charge in [-0.1, -0.05) is 19.1 Å². The zero-order valence-corrected chi connectivity index (χ0v) is 12.1. The predicted molar refractivity (Wildman–Crippen MR) is 83.1 cm³/mol. The van der Waals surface area contributed by atoms with Crippen molar-refractivity contribution in [2.45, 2.75) is 12.8 Å². The lowest BCUT2D eigenvalue weighted by molar-refractivity contribution is 0.397. The first-order valence-electron chi connectivity index (χ1n) is 6.89. The molecule has 0 saturated carbocycles. The molecule has 0 radical (unpaired) electrons. The van der Waals surface area contributed by atoms with Crippen molar-refractivity contribution in [1.29, 1.82) is 0 Å². The standard InChI is InChI=1S/C17H14O6/c1-8(9-2-4-10(18)5-3-9)17-16(22)15(21)11-6-12(19)13(20)7-14(11)23-17/h2-8,18-20,22H,1H3/t8-/m0/s1. The summed E-state index contributed by atoms with van der Waals surface area (Å²) in [4.78, 5) is 12.3. The minimum atomic E-state index is -0.692. The second kappa shape index (κ2) is 5.24. The fourth-order valence-electron chi connectivity index (χ4n) is 2.43. The Labute approximate surface area is 130 Å². The molecule has 3 aromatic rings. The fraction of sp³-hybridized carbons (Fsp3) is 0.118. The molecule has 0 aliphatic rings. The molecule has 0 amide bonds. The third-order valence-electron chi connectivity index (χ3n) is 3.78. The number of aromatic hydroxyl groups is 4. The van der Waals surface area contributed by atoms with Gasteiger partial charge in [-0.25, -0.2) is 0 Å². The summed E-state index contributed by atoms with van der Waals surface area (Å²) in [7, 11) is 0. The van der Waals surface area contributed by atoms with Crippen LogP contribution in [0.5, 0.6) is 23.0 Å². The van der Waals surface area contributed by atoms with Crippen LogP contribution in [0.3, 0.4) is 0 Å². The molecule has 4 N–H and O–H groups in total. The second-order valence-corrected chi connectivity index (χ2v) is 5.29. The first-order valence-corrected chi connectivity index (χ1v) is 6.89. The van der Waals surface area contributed by atoms with E-state index in [1.165, 1.54) is 12.1 Å². The molecule has 118 valence electrons. The van der Waals surface area contributed by atoms with Crippen molar-refractivity contribution in [2.75, 3.05) is 0 Å².